The van der Waals surface area contributed by atoms with Crippen LogP contribution in [0.4, 0.5) is 5.69 Å². The van der Waals surface area contributed by atoms with E-state index in [9.17, 15) is 8.42 Å². The van der Waals surface area contributed by atoms with Gasteiger partial charge < -0.3 is 9.73 Å². The Balaban J connectivity index is 2.33. The molecule has 1 aromatic carbocycles. The molecule has 0 fully saturated rings. The Bertz CT molecular complexity index is 730. The minimum atomic E-state index is -3.73. The zero-order chi connectivity index (χ0) is 15.6. The van der Waals surface area contributed by atoms with E-state index in [1.165, 1.54) is 6.07 Å². The lowest BCUT2D eigenvalue weighted by molar-refractivity contribution is 0.408. The van der Waals surface area contributed by atoms with E-state index in [2.05, 4.69) is 26.0 Å². The number of furan rings is 1. The zero-order valence-corrected chi connectivity index (χ0v) is 14.4. The molecule has 0 bridgehead atoms. The number of aryl methyl sites for hydroxylation is 2. The average Bonchev–Trinajstić information content (AvgIpc) is 2.84. The highest BCUT2D eigenvalue weighted by Gasteiger charge is 2.20. The van der Waals surface area contributed by atoms with Crippen LogP contribution < -0.4 is 10.0 Å². The van der Waals surface area contributed by atoms with Crippen LogP contribution in [0.2, 0.25) is 0 Å². The second-order valence-corrected chi connectivity index (χ2v) is 7.30. The van der Waals surface area contributed by atoms with Gasteiger partial charge in [-0.1, -0.05) is 15.9 Å². The fourth-order valence-corrected chi connectivity index (χ4v) is 3.87. The number of sulfonamides is 1. The smallest absolute Gasteiger partial charge is 0.295 e. The van der Waals surface area contributed by atoms with Gasteiger partial charge in [0.2, 0.25) is 5.09 Å². The van der Waals surface area contributed by atoms with Gasteiger partial charge in [-0.25, -0.2) is 0 Å². The predicted molar refractivity (Wildman–Crippen MR) is 85.9 cm³/mol. The average molecular weight is 373 g/mol. The largest absolute Gasteiger partial charge is 0.446 e. The molecule has 0 atom stereocenters. The van der Waals surface area contributed by atoms with Gasteiger partial charge in [0.25, 0.3) is 10.0 Å². The van der Waals surface area contributed by atoms with Gasteiger partial charge in [-0.2, -0.15) is 8.42 Å². The van der Waals surface area contributed by atoms with Crippen molar-refractivity contribution in [1.82, 2.24) is 5.32 Å². The highest BCUT2D eigenvalue weighted by Crippen LogP contribution is 2.27. The lowest BCUT2D eigenvalue weighted by Gasteiger charge is -2.12. The standard InChI is InChI=1S/C14H17BrN2O3S/c1-9-6-11(15)7-10(2)14(9)17-21(18,19)13-5-4-12(20-13)8-16-3/h4-7,16-17H,8H2,1-3H3. The number of hydrogen-bond donors (Lipinski definition) is 2. The number of benzene rings is 1. The van der Waals surface area contributed by atoms with Gasteiger partial charge >= 0.3 is 0 Å². The van der Waals surface area contributed by atoms with E-state index >= 15 is 0 Å². The predicted octanol–water partition coefficient (Wildman–Crippen LogP) is 3.18. The lowest BCUT2D eigenvalue weighted by Crippen LogP contribution is -2.14. The van der Waals surface area contributed by atoms with Gasteiger partial charge in [0, 0.05) is 4.47 Å². The molecule has 0 aliphatic carbocycles. The van der Waals surface area contributed by atoms with Crippen LogP contribution in [0.1, 0.15) is 16.9 Å². The number of nitrogens with one attached hydrogen (secondary N) is 2. The second kappa shape index (κ2) is 6.21. The second-order valence-electron chi connectivity index (χ2n) is 4.77. The summed E-state index contributed by atoms with van der Waals surface area (Å²) in [6.07, 6.45) is 0. The quantitative estimate of drug-likeness (QED) is 0.845. The fourth-order valence-electron chi connectivity index (χ4n) is 2.03. The number of anilines is 1. The van der Waals surface area contributed by atoms with Gasteiger partial charge in [0.1, 0.15) is 5.76 Å². The molecule has 2 aromatic rings. The van der Waals surface area contributed by atoms with E-state index in [1.807, 2.05) is 26.0 Å². The van der Waals surface area contributed by atoms with E-state index < -0.39 is 10.0 Å². The molecule has 1 heterocycles. The molecule has 0 saturated heterocycles. The third-order valence-corrected chi connectivity index (χ3v) is 4.67. The van der Waals surface area contributed by atoms with Crippen molar-refractivity contribution in [1.29, 1.82) is 0 Å². The van der Waals surface area contributed by atoms with Crippen molar-refractivity contribution >= 4 is 31.6 Å². The summed E-state index contributed by atoms with van der Waals surface area (Å²) in [4.78, 5) is 0. The molecule has 0 amide bonds. The highest BCUT2D eigenvalue weighted by molar-refractivity contribution is 9.10. The van der Waals surface area contributed by atoms with Crippen molar-refractivity contribution in [3.05, 3.63) is 45.6 Å². The normalized spacial score (nSPS) is 11.6. The van der Waals surface area contributed by atoms with Gasteiger partial charge in [-0.15, -0.1) is 0 Å². The monoisotopic (exact) mass is 372 g/mol. The molecule has 5 nitrogen and oxygen atoms in total. The first-order valence-corrected chi connectivity index (χ1v) is 8.64. The van der Waals surface area contributed by atoms with E-state index in [-0.39, 0.29) is 5.09 Å². The van der Waals surface area contributed by atoms with Crippen LogP contribution in [0.5, 0.6) is 0 Å². The van der Waals surface area contributed by atoms with Crippen LogP contribution in [0.3, 0.4) is 0 Å². The molecule has 21 heavy (non-hydrogen) atoms. The molecule has 0 saturated carbocycles. The molecule has 7 heteroatoms. The summed E-state index contributed by atoms with van der Waals surface area (Å²) in [5.41, 5.74) is 2.25. The molecule has 0 spiro atoms. The van der Waals surface area contributed by atoms with Crippen LogP contribution in [-0.4, -0.2) is 15.5 Å². The maximum Gasteiger partial charge on any atom is 0.295 e. The van der Waals surface area contributed by atoms with Crippen molar-refractivity contribution in [2.75, 3.05) is 11.8 Å². The molecule has 0 unspecified atom stereocenters. The lowest BCUT2D eigenvalue weighted by atomic mass is 10.1. The Hall–Kier alpha value is -1.31. The molecule has 2 N–H and O–H groups in total. The molecule has 114 valence electrons. The van der Waals surface area contributed by atoms with E-state index in [1.54, 1.807) is 13.1 Å². The van der Waals surface area contributed by atoms with Crippen molar-refractivity contribution < 1.29 is 12.8 Å². The number of hydrogen-bond acceptors (Lipinski definition) is 4. The van der Waals surface area contributed by atoms with E-state index in [0.29, 0.717) is 18.0 Å². The summed E-state index contributed by atoms with van der Waals surface area (Å²) in [6, 6.07) is 6.82. The Labute approximate surface area is 132 Å². The van der Waals surface area contributed by atoms with E-state index in [4.69, 9.17) is 4.42 Å². The molecule has 1 aromatic heterocycles. The summed E-state index contributed by atoms with van der Waals surface area (Å²) in [5, 5.41) is 2.82. The van der Waals surface area contributed by atoms with Gasteiger partial charge in [0.05, 0.1) is 12.2 Å². The third-order valence-electron chi connectivity index (χ3n) is 2.99. The van der Waals surface area contributed by atoms with Crippen LogP contribution >= 0.6 is 15.9 Å². The van der Waals surface area contributed by atoms with Crippen LogP contribution in [-0.2, 0) is 16.6 Å². The summed E-state index contributed by atoms with van der Waals surface area (Å²) in [7, 11) is -1.96. The maximum atomic E-state index is 12.4. The number of halogens is 1. The molecule has 0 aliphatic heterocycles. The summed E-state index contributed by atoms with van der Waals surface area (Å²) in [5.74, 6) is 0.571. The molecule has 2 rings (SSSR count). The summed E-state index contributed by atoms with van der Waals surface area (Å²) < 4.78 is 33.6. The minimum absolute atomic E-state index is 0.0885. The molecule has 0 aliphatic rings. The Morgan fingerprint density at radius 1 is 1.19 bits per heavy atom. The zero-order valence-electron chi connectivity index (χ0n) is 12.0. The topological polar surface area (TPSA) is 71.3 Å². The highest BCUT2D eigenvalue weighted by atomic mass is 79.9. The fraction of sp³-hybridized carbons (Fsp3) is 0.286. The minimum Gasteiger partial charge on any atom is -0.446 e. The third kappa shape index (κ3) is 3.66. The van der Waals surface area contributed by atoms with Crippen molar-refractivity contribution in [2.45, 2.75) is 25.5 Å². The Morgan fingerprint density at radius 2 is 1.81 bits per heavy atom. The Morgan fingerprint density at radius 3 is 2.38 bits per heavy atom. The summed E-state index contributed by atoms with van der Waals surface area (Å²) in [6.45, 7) is 4.18. The van der Waals surface area contributed by atoms with Gasteiger partial charge in [0.15, 0.2) is 0 Å². The van der Waals surface area contributed by atoms with Crippen LogP contribution in [0.15, 0.2) is 38.2 Å². The SMILES string of the molecule is CNCc1ccc(S(=O)(=O)Nc2c(C)cc(Br)cc2C)o1. The Kier molecular flexibility index (Phi) is 4.75. The molecular formula is C14H17BrN2O3S. The number of rotatable bonds is 5. The van der Waals surface area contributed by atoms with Crippen LogP contribution in [0, 0.1) is 13.8 Å². The summed E-state index contributed by atoms with van der Waals surface area (Å²) >= 11 is 3.39. The molecular weight excluding hydrogens is 356 g/mol. The van der Waals surface area contributed by atoms with Crippen molar-refractivity contribution in [3.8, 4) is 0 Å². The maximum absolute atomic E-state index is 12.4. The first kappa shape index (κ1) is 16.1. The van der Waals surface area contributed by atoms with Crippen molar-refractivity contribution in [2.24, 2.45) is 0 Å². The van der Waals surface area contributed by atoms with Gasteiger partial charge in [-0.05, 0) is 56.3 Å². The van der Waals surface area contributed by atoms with E-state index in [0.717, 1.165) is 15.6 Å². The first-order chi connectivity index (χ1) is 9.83. The van der Waals surface area contributed by atoms with Gasteiger partial charge in [-0.3, -0.25) is 4.72 Å². The molecule has 0 radical (unpaired) electrons. The van der Waals surface area contributed by atoms with Crippen LogP contribution in [0.25, 0.3) is 0 Å². The van der Waals surface area contributed by atoms with Crippen molar-refractivity contribution in [3.63, 3.8) is 0 Å². The first-order valence-electron chi connectivity index (χ1n) is 6.36.